The molecule has 0 amide bonds. The first-order valence-electron chi connectivity index (χ1n) is 5.93. The van der Waals surface area contributed by atoms with Gasteiger partial charge in [-0.1, -0.05) is 0 Å². The Labute approximate surface area is 112 Å². The standard InChI is InChI=1S/C12H15N3O3S/c13-8-9-1-4-12(11(14)7-9)19(17,18)15(5-6-16)10-2-3-10/h1,4,7,10,16H,2-3,5-6,14H2. The molecule has 0 aliphatic heterocycles. The van der Waals surface area contributed by atoms with E-state index in [9.17, 15) is 8.42 Å². The summed E-state index contributed by atoms with van der Waals surface area (Å²) in [5, 5.41) is 17.7. The van der Waals surface area contributed by atoms with E-state index >= 15 is 0 Å². The number of benzene rings is 1. The lowest BCUT2D eigenvalue weighted by atomic mass is 10.2. The third kappa shape index (κ3) is 2.71. The summed E-state index contributed by atoms with van der Waals surface area (Å²) in [6.45, 7) is -0.168. The van der Waals surface area contributed by atoms with Crippen molar-refractivity contribution in [3.05, 3.63) is 23.8 Å². The molecule has 0 atom stereocenters. The van der Waals surface area contributed by atoms with E-state index in [1.54, 1.807) is 0 Å². The van der Waals surface area contributed by atoms with Gasteiger partial charge in [-0.15, -0.1) is 0 Å². The largest absolute Gasteiger partial charge is 0.398 e. The van der Waals surface area contributed by atoms with Crippen molar-refractivity contribution in [2.75, 3.05) is 18.9 Å². The monoisotopic (exact) mass is 281 g/mol. The van der Waals surface area contributed by atoms with E-state index in [1.807, 2.05) is 6.07 Å². The molecular weight excluding hydrogens is 266 g/mol. The van der Waals surface area contributed by atoms with Gasteiger partial charge in [0.2, 0.25) is 10.0 Å². The van der Waals surface area contributed by atoms with E-state index in [1.165, 1.54) is 22.5 Å². The zero-order valence-electron chi connectivity index (χ0n) is 10.3. The number of sulfonamides is 1. The van der Waals surface area contributed by atoms with Gasteiger partial charge >= 0.3 is 0 Å². The van der Waals surface area contributed by atoms with E-state index in [2.05, 4.69) is 0 Å². The fourth-order valence-electron chi connectivity index (χ4n) is 1.94. The number of nitrogens with zero attached hydrogens (tertiary/aromatic N) is 2. The van der Waals surface area contributed by atoms with Crippen molar-refractivity contribution >= 4 is 15.7 Å². The summed E-state index contributed by atoms with van der Waals surface area (Å²) in [4.78, 5) is -0.00755. The Balaban J connectivity index is 2.41. The van der Waals surface area contributed by atoms with Crippen molar-refractivity contribution in [2.45, 2.75) is 23.8 Å². The molecular formula is C12H15N3O3S. The molecule has 0 radical (unpaired) electrons. The fraction of sp³-hybridized carbons (Fsp3) is 0.417. The molecule has 0 heterocycles. The number of nitrogens with two attached hydrogens (primary N) is 1. The molecule has 1 aliphatic carbocycles. The highest BCUT2D eigenvalue weighted by Gasteiger charge is 2.38. The van der Waals surface area contributed by atoms with Gasteiger partial charge in [-0.05, 0) is 31.0 Å². The van der Waals surface area contributed by atoms with Crippen LogP contribution in [0.25, 0.3) is 0 Å². The Hall–Kier alpha value is -1.62. The Morgan fingerprint density at radius 1 is 1.47 bits per heavy atom. The van der Waals surface area contributed by atoms with Gasteiger partial charge < -0.3 is 10.8 Å². The molecule has 1 aromatic rings. The van der Waals surface area contributed by atoms with Gasteiger partial charge in [0.15, 0.2) is 0 Å². The predicted molar refractivity (Wildman–Crippen MR) is 69.6 cm³/mol. The van der Waals surface area contributed by atoms with Crippen molar-refractivity contribution < 1.29 is 13.5 Å². The van der Waals surface area contributed by atoms with Crippen molar-refractivity contribution in [1.82, 2.24) is 4.31 Å². The number of nitriles is 1. The molecule has 0 aromatic heterocycles. The minimum atomic E-state index is -3.72. The zero-order valence-corrected chi connectivity index (χ0v) is 11.1. The fourth-order valence-corrected chi connectivity index (χ4v) is 3.71. The summed E-state index contributed by atoms with van der Waals surface area (Å²) in [5.74, 6) is 0. The first kappa shape index (κ1) is 13.8. The summed E-state index contributed by atoms with van der Waals surface area (Å²) in [6, 6.07) is 5.97. The minimum Gasteiger partial charge on any atom is -0.398 e. The second-order valence-corrected chi connectivity index (χ2v) is 6.29. The first-order chi connectivity index (χ1) is 9.00. The topological polar surface area (TPSA) is 107 Å². The number of rotatable bonds is 5. The molecule has 0 saturated heterocycles. The van der Waals surface area contributed by atoms with E-state index in [-0.39, 0.29) is 29.8 Å². The van der Waals surface area contributed by atoms with Crippen LogP contribution in [0.5, 0.6) is 0 Å². The zero-order chi connectivity index (χ0) is 14.0. The predicted octanol–water partition coefficient (Wildman–Crippen LogP) is 0.286. The van der Waals surface area contributed by atoms with Gasteiger partial charge in [0.05, 0.1) is 23.9 Å². The SMILES string of the molecule is N#Cc1ccc(S(=O)(=O)N(CCO)C2CC2)c(N)c1. The number of aliphatic hydroxyl groups excluding tert-OH is 1. The van der Waals surface area contributed by atoms with Crippen LogP contribution in [-0.4, -0.2) is 37.0 Å². The van der Waals surface area contributed by atoms with E-state index in [4.69, 9.17) is 16.1 Å². The summed E-state index contributed by atoms with van der Waals surface area (Å²) < 4.78 is 26.2. The molecule has 2 rings (SSSR count). The molecule has 7 heteroatoms. The number of hydrogen-bond acceptors (Lipinski definition) is 5. The Morgan fingerprint density at radius 3 is 2.63 bits per heavy atom. The highest BCUT2D eigenvalue weighted by atomic mass is 32.2. The minimum absolute atomic E-state index is 0.00755. The van der Waals surface area contributed by atoms with E-state index in [0.717, 1.165) is 12.8 Å². The normalized spacial score (nSPS) is 15.4. The molecule has 3 N–H and O–H groups in total. The van der Waals surface area contributed by atoms with Gasteiger partial charge in [-0.2, -0.15) is 9.57 Å². The van der Waals surface area contributed by atoms with Gasteiger partial charge in [-0.25, -0.2) is 8.42 Å². The van der Waals surface area contributed by atoms with Crippen LogP contribution in [0, 0.1) is 11.3 Å². The van der Waals surface area contributed by atoms with Gasteiger partial charge in [0.1, 0.15) is 4.90 Å². The van der Waals surface area contributed by atoms with Crippen LogP contribution in [0.15, 0.2) is 23.1 Å². The lowest BCUT2D eigenvalue weighted by molar-refractivity contribution is 0.250. The second-order valence-electron chi connectivity index (χ2n) is 4.43. The molecule has 1 aliphatic rings. The number of aliphatic hydroxyl groups is 1. The van der Waals surface area contributed by atoms with Gasteiger partial charge in [-0.3, -0.25) is 0 Å². The molecule has 102 valence electrons. The van der Waals surface area contributed by atoms with Crippen LogP contribution in [0.1, 0.15) is 18.4 Å². The van der Waals surface area contributed by atoms with E-state index < -0.39 is 10.0 Å². The Bertz CT molecular complexity index is 618. The molecule has 0 bridgehead atoms. The quantitative estimate of drug-likeness (QED) is 0.754. The summed E-state index contributed by atoms with van der Waals surface area (Å²) in [5.41, 5.74) is 6.09. The van der Waals surface area contributed by atoms with Crippen molar-refractivity contribution in [3.8, 4) is 6.07 Å². The molecule has 0 spiro atoms. The molecule has 0 unspecified atom stereocenters. The van der Waals surface area contributed by atoms with Crippen LogP contribution in [0.3, 0.4) is 0 Å². The summed E-state index contributed by atoms with van der Waals surface area (Å²) in [7, 11) is -3.72. The van der Waals surface area contributed by atoms with Crippen LogP contribution in [-0.2, 0) is 10.0 Å². The number of nitrogen functional groups attached to an aromatic ring is 1. The Kier molecular flexibility index (Phi) is 3.75. The van der Waals surface area contributed by atoms with Crippen LogP contribution in [0.4, 0.5) is 5.69 Å². The third-order valence-corrected chi connectivity index (χ3v) is 5.03. The summed E-state index contributed by atoms with van der Waals surface area (Å²) in [6.07, 6.45) is 1.60. The molecule has 1 fully saturated rings. The highest BCUT2D eigenvalue weighted by molar-refractivity contribution is 7.89. The van der Waals surface area contributed by atoms with E-state index in [0.29, 0.717) is 5.56 Å². The maximum absolute atomic E-state index is 12.5. The lowest BCUT2D eigenvalue weighted by Gasteiger charge is -2.21. The van der Waals surface area contributed by atoms with Crippen LogP contribution < -0.4 is 5.73 Å². The molecule has 6 nitrogen and oxygen atoms in total. The maximum Gasteiger partial charge on any atom is 0.245 e. The van der Waals surface area contributed by atoms with Crippen LogP contribution in [0.2, 0.25) is 0 Å². The smallest absolute Gasteiger partial charge is 0.245 e. The van der Waals surface area contributed by atoms with Crippen LogP contribution >= 0.6 is 0 Å². The average Bonchev–Trinajstić information content (AvgIpc) is 3.19. The van der Waals surface area contributed by atoms with Crippen molar-refractivity contribution in [1.29, 1.82) is 5.26 Å². The maximum atomic E-state index is 12.5. The molecule has 1 aromatic carbocycles. The van der Waals surface area contributed by atoms with Crippen molar-refractivity contribution in [3.63, 3.8) is 0 Å². The first-order valence-corrected chi connectivity index (χ1v) is 7.37. The lowest BCUT2D eigenvalue weighted by Crippen LogP contribution is -2.35. The Morgan fingerprint density at radius 2 is 2.16 bits per heavy atom. The summed E-state index contributed by atoms with van der Waals surface area (Å²) >= 11 is 0. The van der Waals surface area contributed by atoms with Crippen molar-refractivity contribution in [2.24, 2.45) is 0 Å². The van der Waals surface area contributed by atoms with Gasteiger partial charge in [0, 0.05) is 12.6 Å². The number of hydrogen-bond donors (Lipinski definition) is 2. The second kappa shape index (κ2) is 5.17. The van der Waals surface area contributed by atoms with Gasteiger partial charge in [0.25, 0.3) is 0 Å². The highest BCUT2D eigenvalue weighted by Crippen LogP contribution is 2.33. The average molecular weight is 281 g/mol. The number of anilines is 1. The molecule has 1 saturated carbocycles. The third-order valence-electron chi connectivity index (χ3n) is 3.00. The molecule has 19 heavy (non-hydrogen) atoms.